The lowest BCUT2D eigenvalue weighted by molar-refractivity contribution is -0.155. The molecule has 2 aliphatic carbocycles. The molecule has 0 aliphatic heterocycles. The third-order valence-electron chi connectivity index (χ3n) is 3.51. The highest BCUT2D eigenvalue weighted by atomic mass is 16.5. The van der Waals surface area contributed by atoms with Crippen LogP contribution in [0.2, 0.25) is 0 Å². The number of ether oxygens (including phenoxy) is 1. The fourth-order valence-electron chi connectivity index (χ4n) is 2.46. The fourth-order valence-corrected chi connectivity index (χ4v) is 2.46. The lowest BCUT2D eigenvalue weighted by Crippen LogP contribution is -2.28. The van der Waals surface area contributed by atoms with E-state index in [1.54, 1.807) is 0 Å². The summed E-state index contributed by atoms with van der Waals surface area (Å²) in [6, 6.07) is 0. The normalized spacial score (nSPS) is 33.4. The number of carbonyl (C=O) groups is 1. The van der Waals surface area contributed by atoms with Gasteiger partial charge in [-0.15, -0.1) is 0 Å². The number of hydrogen-bond acceptors (Lipinski definition) is 2. The van der Waals surface area contributed by atoms with Crippen LogP contribution in [-0.4, -0.2) is 12.6 Å². The van der Waals surface area contributed by atoms with Gasteiger partial charge in [-0.3, -0.25) is 4.79 Å². The Morgan fingerprint density at radius 3 is 2.67 bits per heavy atom. The summed E-state index contributed by atoms with van der Waals surface area (Å²) < 4.78 is 5.42. The number of fused-ring (bicyclic) bond motifs is 2. The first-order valence-electron chi connectivity index (χ1n) is 5.78. The smallest absolute Gasteiger partial charge is 0.311 e. The van der Waals surface area contributed by atoms with Crippen molar-refractivity contribution in [2.75, 3.05) is 6.61 Å². The fraction of sp³-hybridized carbons (Fsp3) is 0.769. The Hall–Kier alpha value is -0.790. The summed E-state index contributed by atoms with van der Waals surface area (Å²) in [5.74, 6) is 0.666. The Balaban J connectivity index is 1.89. The van der Waals surface area contributed by atoms with Crippen molar-refractivity contribution in [1.82, 2.24) is 0 Å². The minimum absolute atomic E-state index is 0.0828. The summed E-state index contributed by atoms with van der Waals surface area (Å²) in [5, 5.41) is 0. The van der Waals surface area contributed by atoms with Gasteiger partial charge in [-0.2, -0.15) is 0 Å². The van der Waals surface area contributed by atoms with Gasteiger partial charge in [-0.05, 0) is 46.0 Å². The summed E-state index contributed by atoms with van der Waals surface area (Å²) in [7, 11) is 0. The lowest BCUT2D eigenvalue weighted by Gasteiger charge is -2.25. The quantitative estimate of drug-likeness (QED) is 0.515. The minimum atomic E-state index is -0.378. The molecule has 2 aliphatic rings. The van der Waals surface area contributed by atoms with Crippen molar-refractivity contribution in [3.8, 4) is 0 Å². The first-order valence-corrected chi connectivity index (χ1v) is 5.78. The summed E-state index contributed by atoms with van der Waals surface area (Å²) in [6.07, 6.45) is 8.19. The first kappa shape index (κ1) is 10.7. The molecule has 0 amide bonds. The molecule has 2 nitrogen and oxygen atoms in total. The predicted molar refractivity (Wildman–Crippen MR) is 59.3 cm³/mol. The monoisotopic (exact) mass is 208 g/mol. The maximum absolute atomic E-state index is 11.6. The van der Waals surface area contributed by atoms with Crippen LogP contribution in [-0.2, 0) is 9.53 Å². The molecular weight excluding hydrogens is 188 g/mol. The maximum atomic E-state index is 11.6. The van der Waals surface area contributed by atoms with E-state index >= 15 is 0 Å². The van der Waals surface area contributed by atoms with Crippen LogP contribution < -0.4 is 0 Å². The van der Waals surface area contributed by atoms with Crippen molar-refractivity contribution in [2.45, 2.75) is 40.0 Å². The van der Waals surface area contributed by atoms with E-state index in [1.807, 2.05) is 20.8 Å². The average molecular weight is 208 g/mol. The molecule has 0 aromatic heterocycles. The molecule has 0 radical (unpaired) electrons. The predicted octanol–water partition coefficient (Wildman–Crippen LogP) is 2.93. The standard InChI is InChI=1S/C13H20O2/c1-12(2,3)11(14)15-9-13-6-4-10(8-13)5-7-13/h4,6,10H,5,7-9H2,1-3H3. The molecule has 2 rings (SSSR count). The Morgan fingerprint density at radius 1 is 1.53 bits per heavy atom. The van der Waals surface area contributed by atoms with Gasteiger partial charge in [-0.25, -0.2) is 0 Å². The zero-order chi connectivity index (χ0) is 11.1. The Kier molecular flexibility index (Phi) is 2.40. The number of rotatable bonds is 2. The van der Waals surface area contributed by atoms with E-state index in [-0.39, 0.29) is 16.8 Å². The molecule has 0 aromatic carbocycles. The van der Waals surface area contributed by atoms with E-state index in [9.17, 15) is 4.79 Å². The molecule has 15 heavy (non-hydrogen) atoms. The molecule has 2 unspecified atom stereocenters. The Morgan fingerprint density at radius 2 is 2.27 bits per heavy atom. The van der Waals surface area contributed by atoms with Crippen molar-refractivity contribution < 1.29 is 9.53 Å². The van der Waals surface area contributed by atoms with Gasteiger partial charge in [0.05, 0.1) is 5.41 Å². The van der Waals surface area contributed by atoms with Crippen molar-refractivity contribution >= 4 is 5.97 Å². The van der Waals surface area contributed by atoms with Gasteiger partial charge in [-0.1, -0.05) is 12.2 Å². The van der Waals surface area contributed by atoms with Gasteiger partial charge in [0.25, 0.3) is 0 Å². The zero-order valence-corrected chi connectivity index (χ0v) is 9.88. The molecule has 0 saturated heterocycles. The van der Waals surface area contributed by atoms with E-state index in [0.717, 1.165) is 5.92 Å². The Labute approximate surface area is 91.7 Å². The van der Waals surface area contributed by atoms with Crippen molar-refractivity contribution in [3.63, 3.8) is 0 Å². The van der Waals surface area contributed by atoms with Crippen LogP contribution in [0.4, 0.5) is 0 Å². The second-order valence-electron chi connectivity index (χ2n) is 6.05. The van der Waals surface area contributed by atoms with Crippen molar-refractivity contribution in [1.29, 1.82) is 0 Å². The summed E-state index contributed by atoms with van der Waals surface area (Å²) in [4.78, 5) is 11.6. The summed E-state index contributed by atoms with van der Waals surface area (Å²) >= 11 is 0. The third-order valence-corrected chi connectivity index (χ3v) is 3.51. The molecule has 1 saturated carbocycles. The highest BCUT2D eigenvalue weighted by Gasteiger charge is 2.42. The van der Waals surface area contributed by atoms with Gasteiger partial charge >= 0.3 is 5.97 Å². The average Bonchev–Trinajstić information content (AvgIpc) is 2.72. The van der Waals surface area contributed by atoms with Gasteiger partial charge in [0, 0.05) is 5.41 Å². The molecular formula is C13H20O2. The Bertz CT molecular complexity index is 298. The van der Waals surface area contributed by atoms with Crippen LogP contribution in [0.25, 0.3) is 0 Å². The minimum Gasteiger partial charge on any atom is -0.464 e. The van der Waals surface area contributed by atoms with E-state index in [2.05, 4.69) is 12.2 Å². The second kappa shape index (κ2) is 3.36. The van der Waals surface area contributed by atoms with Gasteiger partial charge in [0.1, 0.15) is 6.61 Å². The van der Waals surface area contributed by atoms with Crippen LogP contribution in [0.5, 0.6) is 0 Å². The van der Waals surface area contributed by atoms with E-state index < -0.39 is 0 Å². The van der Waals surface area contributed by atoms with Gasteiger partial charge in [0.15, 0.2) is 0 Å². The highest BCUT2D eigenvalue weighted by Crippen LogP contribution is 2.49. The molecule has 84 valence electrons. The van der Waals surface area contributed by atoms with E-state index in [4.69, 9.17) is 4.74 Å². The molecule has 1 fully saturated rings. The van der Waals surface area contributed by atoms with Crippen LogP contribution in [0, 0.1) is 16.7 Å². The van der Waals surface area contributed by atoms with Gasteiger partial charge in [0.2, 0.25) is 0 Å². The molecule has 0 heterocycles. The topological polar surface area (TPSA) is 26.3 Å². The summed E-state index contributed by atoms with van der Waals surface area (Å²) in [6.45, 7) is 6.27. The van der Waals surface area contributed by atoms with Crippen LogP contribution >= 0.6 is 0 Å². The lowest BCUT2D eigenvalue weighted by atomic mass is 9.89. The first-order chi connectivity index (χ1) is 6.91. The maximum Gasteiger partial charge on any atom is 0.311 e. The van der Waals surface area contributed by atoms with E-state index in [1.165, 1.54) is 19.3 Å². The van der Waals surface area contributed by atoms with Gasteiger partial charge < -0.3 is 4.74 Å². The largest absolute Gasteiger partial charge is 0.464 e. The van der Waals surface area contributed by atoms with Crippen molar-refractivity contribution in [3.05, 3.63) is 12.2 Å². The molecule has 2 heteroatoms. The number of esters is 1. The molecule has 2 bridgehead atoms. The molecule has 0 aromatic rings. The van der Waals surface area contributed by atoms with Crippen molar-refractivity contribution in [2.24, 2.45) is 16.7 Å². The van der Waals surface area contributed by atoms with Crippen LogP contribution in [0.15, 0.2) is 12.2 Å². The molecule has 0 spiro atoms. The highest BCUT2D eigenvalue weighted by molar-refractivity contribution is 5.75. The SMILES string of the molecule is CC(C)(C)C(=O)OCC12C=CC(CC1)C2. The number of allylic oxidation sites excluding steroid dienone is 1. The zero-order valence-electron chi connectivity index (χ0n) is 9.88. The molecule has 0 N–H and O–H groups in total. The van der Waals surface area contributed by atoms with E-state index in [0.29, 0.717) is 6.61 Å². The van der Waals surface area contributed by atoms with Crippen LogP contribution in [0.1, 0.15) is 40.0 Å². The van der Waals surface area contributed by atoms with Crippen LogP contribution in [0.3, 0.4) is 0 Å². The second-order valence-corrected chi connectivity index (χ2v) is 6.05. The number of hydrogen-bond donors (Lipinski definition) is 0. The number of carbonyl (C=O) groups excluding carboxylic acids is 1. The molecule has 2 atom stereocenters. The summed E-state index contributed by atoms with van der Waals surface area (Å²) in [5.41, 5.74) is -0.192. The third kappa shape index (κ3) is 2.09.